The van der Waals surface area contributed by atoms with Crippen molar-refractivity contribution >= 4 is 23.0 Å². The highest BCUT2D eigenvalue weighted by Gasteiger charge is 2.42. The van der Waals surface area contributed by atoms with E-state index in [0.717, 1.165) is 35.0 Å². The van der Waals surface area contributed by atoms with Crippen molar-refractivity contribution in [2.75, 3.05) is 11.7 Å². The Kier molecular flexibility index (Phi) is 5.64. The molecule has 6 nitrogen and oxygen atoms in total. The first kappa shape index (κ1) is 22.6. The minimum Gasteiger partial charge on any atom is -0.454 e. The Hall–Kier alpha value is -3.84. The van der Waals surface area contributed by atoms with E-state index in [0.29, 0.717) is 5.11 Å². The lowest BCUT2D eigenvalue weighted by Gasteiger charge is -2.28. The van der Waals surface area contributed by atoms with E-state index in [1.54, 1.807) is 0 Å². The van der Waals surface area contributed by atoms with E-state index < -0.39 is 0 Å². The monoisotopic (exact) mass is 496 g/mol. The first-order valence-electron chi connectivity index (χ1n) is 12.2. The van der Waals surface area contributed by atoms with Gasteiger partial charge in [0.25, 0.3) is 0 Å². The lowest BCUT2D eigenvalue weighted by molar-refractivity contribution is 0.174. The highest BCUT2D eigenvalue weighted by atomic mass is 32.1. The molecule has 1 fully saturated rings. The molecule has 0 amide bonds. The lowest BCUT2D eigenvalue weighted by atomic mass is 9.96. The molecule has 0 bridgehead atoms. The van der Waals surface area contributed by atoms with Crippen LogP contribution < -0.4 is 19.7 Å². The van der Waals surface area contributed by atoms with Crippen LogP contribution in [0.2, 0.25) is 0 Å². The summed E-state index contributed by atoms with van der Waals surface area (Å²) in [5, 5.41) is 4.22. The molecular formula is C29H28N4O2S. The van der Waals surface area contributed by atoms with Gasteiger partial charge in [0.1, 0.15) is 0 Å². The molecule has 7 heteroatoms. The maximum atomic E-state index is 5.92. The van der Waals surface area contributed by atoms with E-state index in [4.69, 9.17) is 26.7 Å². The third-order valence-electron chi connectivity index (χ3n) is 7.12. The summed E-state index contributed by atoms with van der Waals surface area (Å²) in [5.41, 5.74) is 7.95. The quantitative estimate of drug-likeness (QED) is 0.344. The van der Waals surface area contributed by atoms with Crippen LogP contribution in [0.3, 0.4) is 0 Å². The largest absolute Gasteiger partial charge is 0.454 e. The van der Waals surface area contributed by atoms with Gasteiger partial charge in [-0.25, -0.2) is 0 Å². The predicted molar refractivity (Wildman–Crippen MR) is 145 cm³/mol. The maximum Gasteiger partial charge on any atom is 0.231 e. The van der Waals surface area contributed by atoms with Gasteiger partial charge >= 0.3 is 0 Å². The number of aromatic nitrogens is 2. The molecule has 36 heavy (non-hydrogen) atoms. The number of ether oxygens (including phenoxy) is 2. The SMILES string of the molecule is CCc1ccc(-n2c(C)cc([C@H]3[C@H](c4ccccn4)NC(=S)N3c3ccc4c(c3)OCO4)c2C)cc1. The highest BCUT2D eigenvalue weighted by molar-refractivity contribution is 7.80. The van der Waals surface area contributed by atoms with Crippen molar-refractivity contribution in [2.24, 2.45) is 0 Å². The first-order valence-corrected chi connectivity index (χ1v) is 12.6. The normalized spacial score (nSPS) is 18.5. The molecule has 6 rings (SSSR count). The summed E-state index contributed by atoms with van der Waals surface area (Å²) in [4.78, 5) is 6.88. The smallest absolute Gasteiger partial charge is 0.231 e. The zero-order chi connectivity index (χ0) is 24.8. The number of rotatable bonds is 5. The number of fused-ring (bicyclic) bond motifs is 1. The first-order chi connectivity index (χ1) is 17.5. The number of nitrogens with zero attached hydrogens (tertiary/aromatic N) is 3. The van der Waals surface area contributed by atoms with Crippen LogP contribution in [-0.2, 0) is 6.42 Å². The Balaban J connectivity index is 1.49. The van der Waals surface area contributed by atoms with E-state index in [1.165, 1.54) is 22.5 Å². The van der Waals surface area contributed by atoms with Gasteiger partial charge in [-0.15, -0.1) is 0 Å². The van der Waals surface area contributed by atoms with Crippen molar-refractivity contribution in [3.63, 3.8) is 0 Å². The van der Waals surface area contributed by atoms with E-state index >= 15 is 0 Å². The fourth-order valence-electron chi connectivity index (χ4n) is 5.35. The predicted octanol–water partition coefficient (Wildman–Crippen LogP) is 5.96. The number of hydrogen-bond acceptors (Lipinski definition) is 4. The molecule has 4 aromatic rings. The van der Waals surface area contributed by atoms with Crippen LogP contribution >= 0.6 is 12.2 Å². The molecule has 0 unspecified atom stereocenters. The van der Waals surface area contributed by atoms with Crippen LogP contribution in [0, 0.1) is 13.8 Å². The van der Waals surface area contributed by atoms with Gasteiger partial charge in [-0.2, -0.15) is 0 Å². The second-order valence-electron chi connectivity index (χ2n) is 9.22. The fourth-order valence-corrected chi connectivity index (χ4v) is 5.70. The second-order valence-corrected chi connectivity index (χ2v) is 9.60. The third-order valence-corrected chi connectivity index (χ3v) is 7.44. The average molecular weight is 497 g/mol. The number of hydrogen-bond donors (Lipinski definition) is 1. The molecule has 4 heterocycles. The number of pyridine rings is 1. The Morgan fingerprint density at radius 1 is 0.972 bits per heavy atom. The van der Waals surface area contributed by atoms with E-state index in [1.807, 2.05) is 36.5 Å². The summed E-state index contributed by atoms with van der Waals surface area (Å²) >= 11 is 5.92. The van der Waals surface area contributed by atoms with Crippen molar-refractivity contribution < 1.29 is 9.47 Å². The molecule has 182 valence electrons. The van der Waals surface area contributed by atoms with Crippen molar-refractivity contribution in [1.82, 2.24) is 14.9 Å². The third kappa shape index (κ3) is 3.71. The summed E-state index contributed by atoms with van der Waals surface area (Å²) in [6, 6.07) is 22.9. The molecule has 2 atom stereocenters. The van der Waals surface area contributed by atoms with Crippen molar-refractivity contribution in [3.8, 4) is 17.2 Å². The number of anilines is 1. The number of aryl methyl sites for hydroxylation is 2. The van der Waals surface area contributed by atoms with Gasteiger partial charge in [0.2, 0.25) is 6.79 Å². The molecule has 1 saturated heterocycles. The molecule has 0 aliphatic carbocycles. The van der Waals surface area contributed by atoms with Crippen LogP contribution in [0.5, 0.6) is 11.5 Å². The van der Waals surface area contributed by atoms with Crippen molar-refractivity contribution in [1.29, 1.82) is 0 Å². The zero-order valence-corrected chi connectivity index (χ0v) is 21.4. The Bertz CT molecular complexity index is 1430. The molecule has 0 spiro atoms. The van der Waals surface area contributed by atoms with E-state index in [2.05, 4.69) is 72.0 Å². The highest BCUT2D eigenvalue weighted by Crippen LogP contribution is 2.46. The van der Waals surface area contributed by atoms with Gasteiger partial charge in [-0.05, 0) is 86.1 Å². The Morgan fingerprint density at radius 2 is 1.75 bits per heavy atom. The number of thiocarbonyl (C=S) groups is 1. The molecule has 0 radical (unpaired) electrons. The van der Waals surface area contributed by atoms with Crippen molar-refractivity contribution in [2.45, 2.75) is 39.3 Å². The van der Waals surface area contributed by atoms with E-state index in [-0.39, 0.29) is 18.9 Å². The summed E-state index contributed by atoms with van der Waals surface area (Å²) in [5.74, 6) is 1.49. The summed E-state index contributed by atoms with van der Waals surface area (Å²) in [6.07, 6.45) is 2.86. The maximum absolute atomic E-state index is 5.92. The van der Waals surface area contributed by atoms with Crippen LogP contribution in [0.4, 0.5) is 5.69 Å². The molecule has 2 aliphatic heterocycles. The van der Waals surface area contributed by atoms with Gasteiger partial charge < -0.3 is 24.3 Å². The average Bonchev–Trinajstić information content (AvgIpc) is 3.59. The van der Waals surface area contributed by atoms with Gasteiger partial charge in [0, 0.05) is 35.0 Å². The fraction of sp³-hybridized carbons (Fsp3) is 0.241. The second kappa shape index (κ2) is 8.99. The van der Waals surface area contributed by atoms with Crippen LogP contribution in [0.1, 0.15) is 47.2 Å². The summed E-state index contributed by atoms with van der Waals surface area (Å²) < 4.78 is 13.5. The Labute approximate surface area is 216 Å². The molecule has 0 saturated carbocycles. The van der Waals surface area contributed by atoms with Crippen LogP contribution in [0.25, 0.3) is 5.69 Å². The molecule has 2 aromatic carbocycles. The van der Waals surface area contributed by atoms with Crippen LogP contribution in [0.15, 0.2) is 72.9 Å². The van der Waals surface area contributed by atoms with Gasteiger partial charge in [0.05, 0.1) is 17.8 Å². The standard InChI is InChI=1S/C29H28N4O2S/c1-4-20-8-10-21(11-9-20)32-18(2)15-23(19(32)3)28-27(24-7-5-6-14-30-24)31-29(36)33(28)22-12-13-25-26(16-22)35-17-34-25/h5-16,27-28H,4,17H2,1-3H3,(H,31,36)/t27-,28-/m0/s1. The zero-order valence-electron chi connectivity index (χ0n) is 20.6. The number of nitrogens with one attached hydrogen (secondary N) is 1. The minimum atomic E-state index is -0.111. The topological polar surface area (TPSA) is 51.6 Å². The number of benzene rings is 2. The Morgan fingerprint density at radius 3 is 2.50 bits per heavy atom. The molecule has 1 N–H and O–H groups in total. The lowest BCUT2D eigenvalue weighted by Crippen LogP contribution is -2.29. The van der Waals surface area contributed by atoms with Crippen molar-refractivity contribution in [3.05, 3.63) is 101 Å². The van der Waals surface area contributed by atoms with Crippen LogP contribution in [-0.4, -0.2) is 21.5 Å². The minimum absolute atomic E-state index is 0.0948. The van der Waals surface area contributed by atoms with Gasteiger partial charge in [-0.1, -0.05) is 25.1 Å². The molecule has 2 aliphatic rings. The van der Waals surface area contributed by atoms with Gasteiger partial charge in [0.15, 0.2) is 16.6 Å². The molecule has 2 aromatic heterocycles. The van der Waals surface area contributed by atoms with E-state index in [9.17, 15) is 0 Å². The summed E-state index contributed by atoms with van der Waals surface area (Å²) in [7, 11) is 0. The summed E-state index contributed by atoms with van der Waals surface area (Å²) in [6.45, 7) is 6.76. The van der Waals surface area contributed by atoms with Gasteiger partial charge in [-0.3, -0.25) is 4.98 Å². The molecular weight excluding hydrogens is 468 g/mol.